The van der Waals surface area contributed by atoms with Gasteiger partial charge in [0.15, 0.2) is 0 Å². The number of aryl methyl sites for hydroxylation is 2. The van der Waals surface area contributed by atoms with Crippen LogP contribution < -0.4 is 0 Å². The molecule has 0 radical (unpaired) electrons. The lowest BCUT2D eigenvalue weighted by Crippen LogP contribution is -2.24. The van der Waals surface area contributed by atoms with Crippen LogP contribution in [0.2, 0.25) is 0 Å². The van der Waals surface area contributed by atoms with Gasteiger partial charge in [0.05, 0.1) is 12.3 Å². The van der Waals surface area contributed by atoms with Crippen LogP contribution in [0.4, 0.5) is 0 Å². The van der Waals surface area contributed by atoms with E-state index in [-0.39, 0.29) is 6.10 Å². The largest absolute Gasteiger partial charge is 0.393 e. The van der Waals surface area contributed by atoms with E-state index in [1.165, 1.54) is 24.8 Å². The minimum Gasteiger partial charge on any atom is -0.393 e. The summed E-state index contributed by atoms with van der Waals surface area (Å²) in [6, 6.07) is 0. The summed E-state index contributed by atoms with van der Waals surface area (Å²) in [5.74, 6) is 0.513. The lowest BCUT2D eigenvalue weighted by molar-refractivity contribution is 0.0655. The Labute approximate surface area is 91.1 Å². The van der Waals surface area contributed by atoms with Gasteiger partial charge in [-0.15, -0.1) is 0 Å². The summed E-state index contributed by atoms with van der Waals surface area (Å²) < 4.78 is 1.84. The smallest absolute Gasteiger partial charge is 0.0568 e. The van der Waals surface area contributed by atoms with E-state index in [0.29, 0.717) is 5.92 Å². The molecule has 84 valence electrons. The number of aliphatic hydroxyl groups is 1. The van der Waals surface area contributed by atoms with Gasteiger partial charge in [-0.3, -0.25) is 4.68 Å². The molecule has 3 heteroatoms. The summed E-state index contributed by atoms with van der Waals surface area (Å²) in [5, 5.41) is 14.0. The second-order valence-corrected chi connectivity index (χ2v) is 4.67. The minimum atomic E-state index is -0.0598. The molecule has 2 unspecified atom stereocenters. The van der Waals surface area contributed by atoms with Crippen LogP contribution in [0.1, 0.15) is 37.7 Å². The summed E-state index contributed by atoms with van der Waals surface area (Å²) >= 11 is 0. The highest BCUT2D eigenvalue weighted by atomic mass is 16.3. The molecule has 0 aromatic carbocycles. The molecule has 1 heterocycles. The molecule has 1 N–H and O–H groups in total. The monoisotopic (exact) mass is 208 g/mol. The molecule has 2 atom stereocenters. The third-order valence-corrected chi connectivity index (χ3v) is 3.43. The van der Waals surface area contributed by atoms with Crippen LogP contribution in [0.5, 0.6) is 0 Å². The summed E-state index contributed by atoms with van der Waals surface area (Å²) in [6.45, 7) is 0. The third kappa shape index (κ3) is 2.81. The van der Waals surface area contributed by atoms with Gasteiger partial charge in [0.2, 0.25) is 0 Å². The first-order valence-electron chi connectivity index (χ1n) is 5.91. The highest BCUT2D eigenvalue weighted by Crippen LogP contribution is 2.27. The van der Waals surface area contributed by atoms with Crippen LogP contribution in [0.15, 0.2) is 12.4 Å². The highest BCUT2D eigenvalue weighted by Gasteiger charge is 2.22. The third-order valence-electron chi connectivity index (χ3n) is 3.43. The average molecular weight is 208 g/mol. The number of aliphatic hydroxyl groups excluding tert-OH is 1. The van der Waals surface area contributed by atoms with E-state index in [0.717, 1.165) is 19.3 Å². The maximum absolute atomic E-state index is 9.83. The molecule has 0 saturated heterocycles. The lowest BCUT2D eigenvalue weighted by Gasteiger charge is -2.27. The van der Waals surface area contributed by atoms with Crippen molar-refractivity contribution in [1.82, 2.24) is 9.78 Å². The molecule has 1 aromatic rings. The molecular weight excluding hydrogens is 188 g/mol. The van der Waals surface area contributed by atoms with E-state index in [1.54, 1.807) is 0 Å². The Balaban J connectivity index is 1.81. The van der Waals surface area contributed by atoms with Gasteiger partial charge in [-0.05, 0) is 37.2 Å². The van der Waals surface area contributed by atoms with E-state index in [1.807, 2.05) is 17.9 Å². The van der Waals surface area contributed by atoms with Crippen LogP contribution >= 0.6 is 0 Å². The second-order valence-electron chi connectivity index (χ2n) is 4.67. The molecule has 0 aliphatic heterocycles. The van der Waals surface area contributed by atoms with Crippen molar-refractivity contribution in [1.29, 1.82) is 0 Å². The standard InChI is InChI=1S/C12H20N2O/c1-14-9-10(8-13-14)6-7-11-4-2-3-5-12(11)15/h8-9,11-12,15H,2-7H2,1H3. The molecule has 1 aliphatic carbocycles. The Kier molecular flexibility index (Phi) is 3.41. The first kappa shape index (κ1) is 10.7. The molecular formula is C12H20N2O. The zero-order valence-corrected chi connectivity index (χ0v) is 9.39. The Morgan fingerprint density at radius 2 is 2.27 bits per heavy atom. The summed E-state index contributed by atoms with van der Waals surface area (Å²) in [5.41, 5.74) is 1.29. The number of hydrogen-bond acceptors (Lipinski definition) is 2. The van der Waals surface area contributed by atoms with Gasteiger partial charge in [-0.2, -0.15) is 5.10 Å². The van der Waals surface area contributed by atoms with Crippen molar-refractivity contribution in [2.75, 3.05) is 0 Å². The van der Waals surface area contributed by atoms with Crippen LogP contribution in [0.3, 0.4) is 0 Å². The second kappa shape index (κ2) is 4.79. The van der Waals surface area contributed by atoms with Gasteiger partial charge in [0.1, 0.15) is 0 Å². The van der Waals surface area contributed by atoms with Gasteiger partial charge in [-0.25, -0.2) is 0 Å². The van der Waals surface area contributed by atoms with Crippen molar-refractivity contribution in [3.05, 3.63) is 18.0 Å². The van der Waals surface area contributed by atoms with Crippen LogP contribution in [-0.4, -0.2) is 21.0 Å². The van der Waals surface area contributed by atoms with E-state index in [9.17, 15) is 5.11 Å². The predicted molar refractivity (Wildman–Crippen MR) is 59.5 cm³/mol. The summed E-state index contributed by atoms with van der Waals surface area (Å²) in [4.78, 5) is 0. The normalized spacial score (nSPS) is 26.8. The number of aromatic nitrogens is 2. The van der Waals surface area contributed by atoms with Crippen LogP contribution in [-0.2, 0) is 13.5 Å². The van der Waals surface area contributed by atoms with Crippen molar-refractivity contribution in [3.63, 3.8) is 0 Å². The summed E-state index contributed by atoms with van der Waals surface area (Å²) in [6.07, 6.45) is 10.8. The molecule has 1 aromatic heterocycles. The Morgan fingerprint density at radius 1 is 1.47 bits per heavy atom. The van der Waals surface area contributed by atoms with Crippen LogP contribution in [0, 0.1) is 5.92 Å². The molecule has 0 spiro atoms. The Morgan fingerprint density at radius 3 is 2.93 bits per heavy atom. The zero-order valence-electron chi connectivity index (χ0n) is 9.39. The van der Waals surface area contributed by atoms with Gasteiger partial charge in [0.25, 0.3) is 0 Å². The zero-order chi connectivity index (χ0) is 10.7. The van der Waals surface area contributed by atoms with E-state index in [2.05, 4.69) is 11.3 Å². The molecule has 2 rings (SSSR count). The molecule has 0 bridgehead atoms. The van der Waals surface area contributed by atoms with Gasteiger partial charge in [-0.1, -0.05) is 12.8 Å². The van der Waals surface area contributed by atoms with Crippen LogP contribution in [0.25, 0.3) is 0 Å². The fourth-order valence-corrected chi connectivity index (χ4v) is 2.48. The van der Waals surface area contributed by atoms with Crippen molar-refractivity contribution in [2.24, 2.45) is 13.0 Å². The van der Waals surface area contributed by atoms with Gasteiger partial charge >= 0.3 is 0 Å². The van der Waals surface area contributed by atoms with Crippen molar-refractivity contribution in [3.8, 4) is 0 Å². The average Bonchev–Trinajstić information content (AvgIpc) is 2.63. The summed E-state index contributed by atoms with van der Waals surface area (Å²) in [7, 11) is 1.94. The first-order chi connectivity index (χ1) is 7.25. The van der Waals surface area contributed by atoms with E-state index >= 15 is 0 Å². The van der Waals surface area contributed by atoms with E-state index < -0.39 is 0 Å². The van der Waals surface area contributed by atoms with Gasteiger partial charge in [0, 0.05) is 13.2 Å². The molecule has 15 heavy (non-hydrogen) atoms. The van der Waals surface area contributed by atoms with Crippen molar-refractivity contribution >= 4 is 0 Å². The molecule has 3 nitrogen and oxygen atoms in total. The molecule has 0 amide bonds. The van der Waals surface area contributed by atoms with Crippen molar-refractivity contribution in [2.45, 2.75) is 44.6 Å². The maximum atomic E-state index is 9.83. The molecule has 1 saturated carbocycles. The lowest BCUT2D eigenvalue weighted by atomic mass is 9.83. The quantitative estimate of drug-likeness (QED) is 0.824. The topological polar surface area (TPSA) is 38.0 Å². The number of hydrogen-bond donors (Lipinski definition) is 1. The van der Waals surface area contributed by atoms with Gasteiger partial charge < -0.3 is 5.11 Å². The fourth-order valence-electron chi connectivity index (χ4n) is 2.48. The molecule has 1 fully saturated rings. The molecule has 1 aliphatic rings. The first-order valence-corrected chi connectivity index (χ1v) is 5.91. The Hall–Kier alpha value is -0.830. The maximum Gasteiger partial charge on any atom is 0.0568 e. The van der Waals surface area contributed by atoms with E-state index in [4.69, 9.17) is 0 Å². The predicted octanol–water partition coefficient (Wildman–Crippen LogP) is 1.90. The number of rotatable bonds is 3. The fraction of sp³-hybridized carbons (Fsp3) is 0.750. The Bertz CT molecular complexity index is 308. The highest BCUT2D eigenvalue weighted by molar-refractivity contribution is 5.03. The SMILES string of the molecule is Cn1cc(CCC2CCCCC2O)cn1. The minimum absolute atomic E-state index is 0.0598. The van der Waals surface area contributed by atoms with Crippen molar-refractivity contribution < 1.29 is 5.11 Å². The number of nitrogens with zero attached hydrogens (tertiary/aromatic N) is 2.